The van der Waals surface area contributed by atoms with Crippen LogP contribution < -0.4 is 0 Å². The molecular weight excluding hydrogens is 340 g/mol. The maximum Gasteiger partial charge on any atom is 0.453 e. The van der Waals surface area contributed by atoms with Crippen molar-refractivity contribution in [3.05, 3.63) is 0 Å². The minimum absolute atomic E-state index is 0.0984. The Hall–Kier alpha value is 0.160. The number of rotatable bonds is 0. The number of halogens is 8. The van der Waals surface area contributed by atoms with Gasteiger partial charge in [-0.3, -0.25) is 4.74 Å². The summed E-state index contributed by atoms with van der Waals surface area (Å²) in [6.07, 6.45) is -16.2. The van der Waals surface area contributed by atoms with Crippen LogP contribution >= 0.6 is 22.6 Å². The third kappa shape index (κ3) is 1.66. The molecule has 1 saturated heterocycles. The average Bonchev–Trinajstić information content (AvgIpc) is 1.78. The van der Waals surface area contributed by atoms with E-state index < -0.39 is 22.2 Å². The highest BCUT2D eigenvalue weighted by Crippen LogP contribution is 2.55. The van der Waals surface area contributed by atoms with E-state index in [-0.39, 0.29) is 22.6 Å². The first-order chi connectivity index (χ1) is 5.91. The Bertz CT molecular complexity index is 202. The summed E-state index contributed by atoms with van der Waals surface area (Å²) in [5.74, 6) is 0. The molecule has 0 saturated carbocycles. The molecule has 1 aliphatic heterocycles. The van der Waals surface area contributed by atoms with Crippen LogP contribution in [-0.4, -0.2) is 22.2 Å². The van der Waals surface area contributed by atoms with Gasteiger partial charge < -0.3 is 0 Å². The van der Waals surface area contributed by atoms with Crippen molar-refractivity contribution in [1.29, 1.82) is 0 Å². The molecule has 2 nitrogen and oxygen atoms in total. The molecule has 0 aromatic carbocycles. The van der Waals surface area contributed by atoms with Crippen molar-refractivity contribution in [1.82, 2.24) is 0 Å². The standard InChI is InChI=1S/C4F7IO2/c5-1(6)2(7,8)14-4(11,12)3(9,10)13-1. The van der Waals surface area contributed by atoms with Crippen molar-refractivity contribution in [2.75, 3.05) is 0 Å². The van der Waals surface area contributed by atoms with Gasteiger partial charge in [-0.15, -0.1) is 0 Å². The zero-order valence-corrected chi connectivity index (χ0v) is 8.00. The molecule has 1 heterocycles. The van der Waals surface area contributed by atoms with Gasteiger partial charge in [0.2, 0.25) is 0 Å². The molecule has 1 aliphatic rings. The molecule has 0 spiro atoms. The van der Waals surface area contributed by atoms with Crippen LogP contribution in [0.15, 0.2) is 0 Å². The lowest BCUT2D eigenvalue weighted by Crippen LogP contribution is -2.63. The Morgan fingerprint density at radius 1 is 0.643 bits per heavy atom. The summed E-state index contributed by atoms with van der Waals surface area (Å²) in [5, 5.41) is 0. The Kier molecular flexibility index (Phi) is 2.48. The largest absolute Gasteiger partial charge is 0.453 e. The van der Waals surface area contributed by atoms with Gasteiger partial charge in [-0.05, 0) is 0 Å². The second-order valence-electron chi connectivity index (χ2n) is 2.27. The van der Waals surface area contributed by atoms with Crippen LogP contribution in [0.2, 0.25) is 0 Å². The van der Waals surface area contributed by atoms with E-state index >= 15 is 0 Å². The van der Waals surface area contributed by atoms with Gasteiger partial charge in [0.15, 0.2) is 0 Å². The summed E-state index contributed by atoms with van der Waals surface area (Å²) in [5.41, 5.74) is 0. The number of hydrogen-bond acceptors (Lipinski definition) is 2. The molecule has 1 unspecified atom stereocenters. The highest BCUT2D eigenvalue weighted by Gasteiger charge is 2.78. The molecule has 0 aliphatic carbocycles. The summed E-state index contributed by atoms with van der Waals surface area (Å²) in [7, 11) is 0. The predicted octanol–water partition coefficient (Wildman–Crippen LogP) is 2.87. The van der Waals surface area contributed by atoms with E-state index in [1.165, 1.54) is 0 Å². The molecule has 0 aromatic rings. The normalized spacial score (nSPS) is 39.4. The first-order valence-corrected chi connectivity index (χ1v) is 3.91. The topological polar surface area (TPSA) is 18.5 Å². The average molecular weight is 340 g/mol. The summed E-state index contributed by atoms with van der Waals surface area (Å²) >= 11 is 0.0984. The van der Waals surface area contributed by atoms with Gasteiger partial charge in [-0.2, -0.15) is 30.7 Å². The summed E-state index contributed by atoms with van der Waals surface area (Å²) in [4.78, 5) is 0. The predicted molar refractivity (Wildman–Crippen MR) is 34.9 cm³/mol. The van der Waals surface area contributed by atoms with Gasteiger partial charge in [-0.1, -0.05) is 0 Å². The lowest BCUT2D eigenvalue weighted by molar-refractivity contribution is -0.565. The van der Waals surface area contributed by atoms with Crippen molar-refractivity contribution >= 4 is 22.6 Å². The van der Waals surface area contributed by atoms with Gasteiger partial charge in [-0.25, -0.2) is 4.74 Å². The molecule has 1 fully saturated rings. The molecule has 0 aromatic heterocycles. The number of alkyl halides is 8. The van der Waals surface area contributed by atoms with E-state index in [9.17, 15) is 30.7 Å². The lowest BCUT2D eigenvalue weighted by atomic mass is 10.4. The number of ether oxygens (including phenoxy) is 2. The maximum atomic E-state index is 12.6. The van der Waals surface area contributed by atoms with E-state index in [1.54, 1.807) is 0 Å². The van der Waals surface area contributed by atoms with Gasteiger partial charge in [0.05, 0.1) is 0 Å². The van der Waals surface area contributed by atoms with Crippen LogP contribution in [0.1, 0.15) is 0 Å². The Morgan fingerprint density at radius 3 is 1.36 bits per heavy atom. The SMILES string of the molecule is FC1(F)OC(F)(F)C(F)(I)OC1(F)F. The number of hydrogen-bond donors (Lipinski definition) is 0. The molecule has 10 heteroatoms. The van der Waals surface area contributed by atoms with Crippen LogP contribution in [0, 0.1) is 0 Å². The van der Waals surface area contributed by atoms with Crippen LogP contribution in [0.5, 0.6) is 0 Å². The third-order valence-corrected chi connectivity index (χ3v) is 2.04. The van der Waals surface area contributed by atoms with Crippen molar-refractivity contribution in [2.45, 2.75) is 22.2 Å². The van der Waals surface area contributed by atoms with Crippen LogP contribution in [-0.2, 0) is 9.47 Å². The highest BCUT2D eigenvalue weighted by atomic mass is 127. The second kappa shape index (κ2) is 2.84. The molecule has 14 heavy (non-hydrogen) atoms. The van der Waals surface area contributed by atoms with Gasteiger partial charge >= 0.3 is 22.2 Å². The molecule has 0 amide bonds. The van der Waals surface area contributed by atoms with E-state index in [2.05, 4.69) is 9.47 Å². The first kappa shape index (κ1) is 12.2. The molecule has 84 valence electrons. The fourth-order valence-corrected chi connectivity index (χ4v) is 0.946. The van der Waals surface area contributed by atoms with Gasteiger partial charge in [0.1, 0.15) is 0 Å². The Balaban J connectivity index is 3.07. The molecule has 0 N–H and O–H groups in total. The fourth-order valence-electron chi connectivity index (χ4n) is 0.560. The fraction of sp³-hybridized carbons (Fsp3) is 1.00. The molecular formula is C4F7IO2. The first-order valence-electron chi connectivity index (χ1n) is 2.83. The van der Waals surface area contributed by atoms with E-state index in [1.807, 2.05) is 0 Å². The van der Waals surface area contributed by atoms with Crippen molar-refractivity contribution in [2.24, 2.45) is 0 Å². The zero-order valence-electron chi connectivity index (χ0n) is 5.84. The van der Waals surface area contributed by atoms with E-state index in [0.717, 1.165) is 0 Å². The maximum absolute atomic E-state index is 12.6. The Labute approximate surface area is 85.5 Å². The molecule has 1 atom stereocenters. The van der Waals surface area contributed by atoms with Crippen LogP contribution in [0.25, 0.3) is 0 Å². The van der Waals surface area contributed by atoms with Crippen molar-refractivity contribution in [3.63, 3.8) is 0 Å². The van der Waals surface area contributed by atoms with Crippen molar-refractivity contribution in [3.8, 4) is 0 Å². The second-order valence-corrected chi connectivity index (χ2v) is 3.66. The minimum Gasteiger partial charge on any atom is -0.260 e. The molecule has 1 rings (SSSR count). The van der Waals surface area contributed by atoms with Crippen molar-refractivity contribution < 1.29 is 40.2 Å². The Morgan fingerprint density at radius 2 is 1.00 bits per heavy atom. The molecule has 0 bridgehead atoms. The molecule has 0 radical (unpaired) electrons. The van der Waals surface area contributed by atoms with Crippen LogP contribution in [0.4, 0.5) is 30.7 Å². The lowest BCUT2D eigenvalue weighted by Gasteiger charge is -2.40. The van der Waals surface area contributed by atoms with E-state index in [4.69, 9.17) is 0 Å². The monoisotopic (exact) mass is 340 g/mol. The van der Waals surface area contributed by atoms with Gasteiger partial charge in [0.25, 0.3) is 0 Å². The minimum atomic E-state index is -5.59. The zero-order chi connectivity index (χ0) is 11.4. The van der Waals surface area contributed by atoms with Gasteiger partial charge in [0, 0.05) is 22.6 Å². The summed E-state index contributed by atoms with van der Waals surface area (Å²) < 4.78 is 86.2. The summed E-state index contributed by atoms with van der Waals surface area (Å²) in [6, 6.07) is 0. The summed E-state index contributed by atoms with van der Waals surface area (Å²) in [6.45, 7) is 0. The van der Waals surface area contributed by atoms with Crippen LogP contribution in [0.3, 0.4) is 0 Å². The third-order valence-electron chi connectivity index (χ3n) is 1.19. The van der Waals surface area contributed by atoms with E-state index in [0.29, 0.717) is 0 Å². The quantitative estimate of drug-likeness (QED) is 0.384. The highest BCUT2D eigenvalue weighted by molar-refractivity contribution is 14.1. The smallest absolute Gasteiger partial charge is 0.260 e.